The van der Waals surface area contributed by atoms with Crippen LogP contribution < -0.4 is 5.32 Å². The van der Waals surface area contributed by atoms with Crippen molar-refractivity contribution in [1.82, 2.24) is 14.9 Å². The Morgan fingerprint density at radius 1 is 0.914 bits per heavy atom. The maximum Gasteiger partial charge on any atom is 0.217 e. The van der Waals surface area contributed by atoms with Gasteiger partial charge in [0.05, 0.1) is 16.6 Å². The molecule has 1 aliphatic heterocycles. The van der Waals surface area contributed by atoms with E-state index in [2.05, 4.69) is 15.5 Å². The maximum atomic E-state index is 14.5. The molecular weight excluding hydrogens is 551 g/mol. The van der Waals surface area contributed by atoms with Crippen molar-refractivity contribution in [2.75, 3.05) is 5.32 Å². The van der Waals surface area contributed by atoms with Gasteiger partial charge in [0.2, 0.25) is 5.16 Å². The third kappa shape index (κ3) is 5.20. The number of nitrogens with one attached hydrogen (secondary N) is 1. The van der Waals surface area contributed by atoms with Gasteiger partial charge in [-0.2, -0.15) is 9.78 Å². The standard InChI is InChI=1S/C24H14Cl4FN5S/c25-14-7-6-13(17(26)9-14)8-21-23(16-10-20(29)19(28)11-18(16)27)33-34-22(31-32-24(34)35-21)12-30-15-4-2-1-3-5-15/h1-11,30H,12H2/b21-8-. The Labute approximate surface area is 224 Å². The molecule has 1 N–H and O–H groups in total. The number of hydrogen-bond donors (Lipinski definition) is 1. The number of para-hydroxylation sites is 1. The lowest BCUT2D eigenvalue weighted by Crippen LogP contribution is -2.15. The number of nitrogens with zero attached hydrogens (tertiary/aromatic N) is 4. The van der Waals surface area contributed by atoms with Gasteiger partial charge in [0.15, 0.2) is 5.82 Å². The van der Waals surface area contributed by atoms with Crippen LogP contribution in [0.25, 0.3) is 6.08 Å². The van der Waals surface area contributed by atoms with Crippen molar-refractivity contribution in [3.63, 3.8) is 0 Å². The fourth-order valence-corrected chi connectivity index (χ4v) is 5.23. The topological polar surface area (TPSA) is 55.1 Å². The first-order valence-corrected chi connectivity index (χ1v) is 12.5. The second kappa shape index (κ2) is 10.2. The molecule has 35 heavy (non-hydrogen) atoms. The van der Waals surface area contributed by atoms with E-state index in [0.717, 1.165) is 5.69 Å². The van der Waals surface area contributed by atoms with Gasteiger partial charge in [-0.05, 0) is 59.8 Å². The number of allylic oxidation sites excluding steroid dienone is 1. The van der Waals surface area contributed by atoms with Gasteiger partial charge in [-0.25, -0.2) is 4.39 Å². The second-order valence-corrected chi connectivity index (χ2v) is 10.1. The number of anilines is 1. The molecule has 0 saturated carbocycles. The van der Waals surface area contributed by atoms with E-state index in [4.69, 9.17) is 51.5 Å². The molecule has 0 spiro atoms. The number of aromatic nitrogens is 3. The molecule has 0 aliphatic carbocycles. The van der Waals surface area contributed by atoms with Crippen LogP contribution in [0.5, 0.6) is 0 Å². The predicted octanol–water partition coefficient (Wildman–Crippen LogP) is 8.04. The molecule has 176 valence electrons. The summed E-state index contributed by atoms with van der Waals surface area (Å²) in [6, 6.07) is 17.5. The molecule has 3 aromatic carbocycles. The van der Waals surface area contributed by atoms with Crippen LogP contribution in [0.2, 0.25) is 20.1 Å². The zero-order valence-corrected chi connectivity index (χ0v) is 21.5. The van der Waals surface area contributed by atoms with Gasteiger partial charge in [0.25, 0.3) is 0 Å². The van der Waals surface area contributed by atoms with Crippen molar-refractivity contribution in [3.8, 4) is 0 Å². The lowest BCUT2D eigenvalue weighted by atomic mass is 10.1. The van der Waals surface area contributed by atoms with E-state index in [1.165, 1.54) is 23.9 Å². The molecule has 2 heterocycles. The highest BCUT2D eigenvalue weighted by Crippen LogP contribution is 2.38. The summed E-state index contributed by atoms with van der Waals surface area (Å²) in [5, 5.41) is 18.3. The molecule has 0 saturated heterocycles. The number of halogens is 5. The van der Waals surface area contributed by atoms with Crippen molar-refractivity contribution in [2.24, 2.45) is 5.10 Å². The summed E-state index contributed by atoms with van der Waals surface area (Å²) in [5.41, 5.74) is 2.43. The minimum Gasteiger partial charge on any atom is -0.378 e. The largest absolute Gasteiger partial charge is 0.378 e. The molecule has 11 heteroatoms. The summed E-state index contributed by atoms with van der Waals surface area (Å²) in [7, 11) is 0. The smallest absolute Gasteiger partial charge is 0.217 e. The summed E-state index contributed by atoms with van der Waals surface area (Å²) in [6.07, 6.45) is 1.82. The van der Waals surface area contributed by atoms with Crippen LogP contribution in [-0.4, -0.2) is 20.6 Å². The van der Waals surface area contributed by atoms with Crippen molar-refractivity contribution in [3.05, 3.63) is 108 Å². The lowest BCUT2D eigenvalue weighted by molar-refractivity contribution is 0.628. The van der Waals surface area contributed by atoms with Gasteiger partial charge in [0, 0.05) is 26.2 Å². The Bertz CT molecular complexity index is 1490. The van der Waals surface area contributed by atoms with Crippen LogP contribution in [0.1, 0.15) is 17.0 Å². The number of rotatable bonds is 5. The maximum absolute atomic E-state index is 14.5. The molecule has 0 unspecified atom stereocenters. The fraction of sp³-hybridized carbons (Fsp3) is 0.0417. The number of thioether (sulfide) groups is 1. The Morgan fingerprint density at radius 2 is 1.71 bits per heavy atom. The van der Waals surface area contributed by atoms with Gasteiger partial charge in [0.1, 0.15) is 11.5 Å². The minimum absolute atomic E-state index is 0.0770. The molecule has 0 bridgehead atoms. The van der Waals surface area contributed by atoms with E-state index >= 15 is 0 Å². The monoisotopic (exact) mass is 563 g/mol. The minimum atomic E-state index is -0.608. The summed E-state index contributed by atoms with van der Waals surface area (Å²) in [6.45, 7) is 0.374. The molecule has 4 aromatic rings. The first-order valence-electron chi connectivity index (χ1n) is 10.2. The van der Waals surface area contributed by atoms with E-state index in [0.29, 0.717) is 49.3 Å². The van der Waals surface area contributed by atoms with Crippen molar-refractivity contribution >= 4 is 75.6 Å². The van der Waals surface area contributed by atoms with Crippen molar-refractivity contribution in [2.45, 2.75) is 11.7 Å². The molecule has 0 amide bonds. The second-order valence-electron chi connectivity index (χ2n) is 7.40. The zero-order valence-electron chi connectivity index (χ0n) is 17.6. The molecular formula is C24H14Cl4FN5S. The first-order chi connectivity index (χ1) is 16.9. The highest BCUT2D eigenvalue weighted by Gasteiger charge is 2.26. The number of hydrogen-bond acceptors (Lipinski definition) is 5. The van der Waals surface area contributed by atoms with Crippen LogP contribution in [-0.2, 0) is 6.54 Å². The van der Waals surface area contributed by atoms with Crippen LogP contribution in [0, 0.1) is 5.82 Å². The van der Waals surface area contributed by atoms with E-state index in [9.17, 15) is 4.39 Å². The predicted molar refractivity (Wildman–Crippen MR) is 142 cm³/mol. The number of benzene rings is 3. The fourth-order valence-electron chi connectivity index (χ4n) is 3.35. The third-order valence-corrected chi connectivity index (χ3v) is 7.18. The van der Waals surface area contributed by atoms with E-state index in [1.54, 1.807) is 22.9 Å². The van der Waals surface area contributed by atoms with Gasteiger partial charge < -0.3 is 5.32 Å². The molecule has 1 aliphatic rings. The van der Waals surface area contributed by atoms with Crippen LogP contribution >= 0.6 is 58.2 Å². The Balaban J connectivity index is 1.60. The van der Waals surface area contributed by atoms with Gasteiger partial charge in [-0.15, -0.1) is 10.2 Å². The van der Waals surface area contributed by atoms with Gasteiger partial charge in [-0.1, -0.05) is 70.7 Å². The van der Waals surface area contributed by atoms with E-state index in [-0.39, 0.29) is 10.0 Å². The SMILES string of the molecule is Fc1cc(C2=Nn3c(CNc4ccccc4)nnc3S/C2=C\c2ccc(Cl)cc2Cl)c(Cl)cc1Cl. The number of fused-ring (bicyclic) bond motifs is 1. The quantitative estimate of drug-likeness (QED) is 0.249. The van der Waals surface area contributed by atoms with Crippen molar-refractivity contribution < 1.29 is 4.39 Å². The third-order valence-electron chi connectivity index (χ3n) is 5.05. The summed E-state index contributed by atoms with van der Waals surface area (Å²) < 4.78 is 16.1. The lowest BCUT2D eigenvalue weighted by Gasteiger charge is -2.19. The van der Waals surface area contributed by atoms with Gasteiger partial charge >= 0.3 is 0 Å². The molecule has 0 fully saturated rings. The zero-order chi connectivity index (χ0) is 24.5. The van der Waals surface area contributed by atoms with Gasteiger partial charge in [-0.3, -0.25) is 0 Å². The van der Waals surface area contributed by atoms with Crippen LogP contribution in [0.3, 0.4) is 0 Å². The summed E-state index contributed by atoms with van der Waals surface area (Å²) in [5.74, 6) is -0.0360. The van der Waals surface area contributed by atoms with E-state index in [1.807, 2.05) is 36.4 Å². The molecule has 5 nitrogen and oxygen atoms in total. The Morgan fingerprint density at radius 3 is 2.49 bits per heavy atom. The highest BCUT2D eigenvalue weighted by atomic mass is 35.5. The normalized spacial score (nSPS) is 14.1. The summed E-state index contributed by atoms with van der Waals surface area (Å²) >= 11 is 26.2. The summed E-state index contributed by atoms with van der Waals surface area (Å²) in [4.78, 5) is 0.653. The van der Waals surface area contributed by atoms with Crippen LogP contribution in [0.15, 0.2) is 75.8 Å². The van der Waals surface area contributed by atoms with E-state index < -0.39 is 5.82 Å². The Hall–Kier alpha value is -2.55. The molecule has 1 aromatic heterocycles. The molecule has 0 atom stereocenters. The van der Waals surface area contributed by atoms with Crippen molar-refractivity contribution in [1.29, 1.82) is 0 Å². The average molecular weight is 565 g/mol. The molecule has 0 radical (unpaired) electrons. The first kappa shape index (κ1) is 24.2. The molecule has 5 rings (SSSR count). The van der Waals surface area contributed by atoms with Crippen LogP contribution in [0.4, 0.5) is 10.1 Å². The highest BCUT2D eigenvalue weighted by molar-refractivity contribution is 8.04. The average Bonchev–Trinajstić information content (AvgIpc) is 3.24. The Kier molecular flexibility index (Phi) is 7.05.